The predicted molar refractivity (Wildman–Crippen MR) is 145 cm³/mol. The second-order valence-electron chi connectivity index (χ2n) is 12.2. The van der Waals surface area contributed by atoms with Crippen LogP contribution in [0.4, 0.5) is 0 Å². The first-order valence-corrected chi connectivity index (χ1v) is 14.2. The molecule has 0 bridgehead atoms. The molecule has 0 radical (unpaired) electrons. The van der Waals surface area contributed by atoms with Crippen LogP contribution in [0.3, 0.4) is 0 Å². The van der Waals surface area contributed by atoms with Gasteiger partial charge in [-0.05, 0) is 31.6 Å². The van der Waals surface area contributed by atoms with Gasteiger partial charge in [-0.1, -0.05) is 41.5 Å². The van der Waals surface area contributed by atoms with Crippen molar-refractivity contribution in [1.29, 1.82) is 0 Å². The second kappa shape index (κ2) is 16.4. The fraction of sp³-hybridized carbons (Fsp3) is 1.00. The molecule has 3 fully saturated rings. The monoisotopic (exact) mass is 585 g/mol. The average molecular weight is 586 g/mol. The fourth-order valence-corrected chi connectivity index (χ4v) is 4.99. The SMILES string of the molecule is CC(C)[C@@H]1OC(C)[C@@H](N)[C@H](O)C1O.CC(C)[C@@H]1OC(C)[C@@H](O)[C@H](O)C1O.CC(C)[C@@H]1OC(CO)[C@@H](O)[C@H](O)C1O. The Morgan fingerprint density at radius 1 is 0.500 bits per heavy atom. The average Bonchev–Trinajstić information content (AvgIpc) is 2.89. The number of aliphatic hydroxyl groups is 9. The molecular weight excluding hydrogens is 530 g/mol. The molecule has 40 heavy (non-hydrogen) atoms. The number of hydrogen-bond donors (Lipinski definition) is 10. The van der Waals surface area contributed by atoms with Gasteiger partial charge >= 0.3 is 0 Å². The van der Waals surface area contributed by atoms with Crippen LogP contribution in [0.1, 0.15) is 55.4 Å². The zero-order valence-corrected chi connectivity index (χ0v) is 24.9. The van der Waals surface area contributed by atoms with E-state index >= 15 is 0 Å². The molecule has 3 rings (SSSR count). The zero-order valence-electron chi connectivity index (χ0n) is 24.9. The summed E-state index contributed by atoms with van der Waals surface area (Å²) in [6.07, 6.45) is -11.1. The van der Waals surface area contributed by atoms with E-state index in [0.29, 0.717) is 0 Å². The van der Waals surface area contributed by atoms with Crippen molar-refractivity contribution in [3.63, 3.8) is 0 Å². The summed E-state index contributed by atoms with van der Waals surface area (Å²) in [5.74, 6) is 0.320. The Kier molecular flexibility index (Phi) is 15.3. The highest BCUT2D eigenvalue weighted by molar-refractivity contribution is 4.94. The lowest BCUT2D eigenvalue weighted by atomic mass is 9.89. The van der Waals surface area contributed by atoms with Gasteiger partial charge in [0.05, 0.1) is 49.3 Å². The molecule has 3 aliphatic rings. The van der Waals surface area contributed by atoms with Gasteiger partial charge in [0.1, 0.15) is 48.8 Å². The van der Waals surface area contributed by atoms with E-state index in [2.05, 4.69) is 0 Å². The van der Waals surface area contributed by atoms with Gasteiger partial charge in [-0.3, -0.25) is 0 Å². The molecule has 0 aromatic carbocycles. The number of nitrogens with two attached hydrogens (primary N) is 1. The van der Waals surface area contributed by atoms with Crippen LogP contribution in [0, 0.1) is 17.8 Å². The summed E-state index contributed by atoms with van der Waals surface area (Å²) in [5, 5.41) is 85.0. The first-order chi connectivity index (χ1) is 18.4. The van der Waals surface area contributed by atoms with Gasteiger partial charge in [0.15, 0.2) is 0 Å². The van der Waals surface area contributed by atoms with Crippen LogP contribution in [0.2, 0.25) is 0 Å². The van der Waals surface area contributed by atoms with Crippen molar-refractivity contribution < 1.29 is 60.2 Å². The molecule has 0 amide bonds. The molecular formula is C27H55NO12. The number of rotatable bonds is 4. The first-order valence-electron chi connectivity index (χ1n) is 14.2. The molecule has 0 aromatic rings. The van der Waals surface area contributed by atoms with Crippen molar-refractivity contribution in [2.75, 3.05) is 6.61 Å². The van der Waals surface area contributed by atoms with Crippen LogP contribution >= 0.6 is 0 Å². The molecule has 11 N–H and O–H groups in total. The van der Waals surface area contributed by atoms with Gasteiger partial charge in [0, 0.05) is 0 Å². The molecule has 15 atom stereocenters. The maximum absolute atomic E-state index is 9.64. The van der Waals surface area contributed by atoms with Crippen LogP contribution in [-0.2, 0) is 14.2 Å². The van der Waals surface area contributed by atoms with E-state index in [0.717, 1.165) is 0 Å². The van der Waals surface area contributed by atoms with Gasteiger partial charge < -0.3 is 65.9 Å². The Labute approximate surface area is 237 Å². The molecule has 6 unspecified atom stereocenters. The summed E-state index contributed by atoms with van der Waals surface area (Å²) in [6, 6.07) is -0.495. The minimum absolute atomic E-state index is 0.0150. The molecule has 0 spiro atoms. The highest BCUT2D eigenvalue weighted by Crippen LogP contribution is 2.27. The number of hydrogen-bond acceptors (Lipinski definition) is 13. The van der Waals surface area contributed by atoms with Crippen molar-refractivity contribution in [1.82, 2.24) is 0 Å². The highest BCUT2D eigenvalue weighted by Gasteiger charge is 2.45. The van der Waals surface area contributed by atoms with Crippen LogP contribution in [0.15, 0.2) is 0 Å². The highest BCUT2D eigenvalue weighted by atomic mass is 16.5. The molecule has 240 valence electrons. The van der Waals surface area contributed by atoms with Gasteiger partial charge in [-0.2, -0.15) is 0 Å². The maximum Gasteiger partial charge on any atom is 0.111 e. The Morgan fingerprint density at radius 3 is 1.25 bits per heavy atom. The molecule has 3 saturated heterocycles. The smallest absolute Gasteiger partial charge is 0.111 e. The molecule has 0 aliphatic carbocycles. The van der Waals surface area contributed by atoms with Gasteiger partial charge in [-0.25, -0.2) is 0 Å². The third kappa shape index (κ3) is 9.24. The van der Waals surface area contributed by atoms with E-state index in [4.69, 9.17) is 25.1 Å². The lowest BCUT2D eigenvalue weighted by molar-refractivity contribution is -0.238. The van der Waals surface area contributed by atoms with Crippen LogP contribution in [-0.4, -0.2) is 144 Å². The maximum atomic E-state index is 9.64. The van der Waals surface area contributed by atoms with Crippen LogP contribution in [0.25, 0.3) is 0 Å². The van der Waals surface area contributed by atoms with Gasteiger partial charge in [0.2, 0.25) is 0 Å². The molecule has 0 saturated carbocycles. The van der Waals surface area contributed by atoms with E-state index in [1.807, 2.05) is 48.5 Å². The normalized spacial score (nSPS) is 46.0. The second-order valence-corrected chi connectivity index (χ2v) is 12.2. The minimum Gasteiger partial charge on any atom is -0.394 e. The molecule has 3 aliphatic heterocycles. The summed E-state index contributed by atoms with van der Waals surface area (Å²) in [7, 11) is 0. The standard InChI is InChI=1S/C9H19NO3.C9H18O5.C9H18O4/c1-4(2)9-8(12)7(11)6(10)5(3)13-9;1-4(2)9-8(13)7(12)6(11)5(3-10)14-9;1-4(2)9-8(12)7(11)6(10)5(3)13-9/h4-9,11-12H,10H2,1-3H3;4-13H,3H2,1-2H3;4-12H,1-3H3/t3*5?,6-,7+,8?,9+/m111/s1. The molecule has 13 heteroatoms. The third-order valence-corrected chi connectivity index (χ3v) is 7.78. The van der Waals surface area contributed by atoms with E-state index < -0.39 is 79.3 Å². The van der Waals surface area contributed by atoms with Crippen LogP contribution in [0.5, 0.6) is 0 Å². The summed E-state index contributed by atoms with van der Waals surface area (Å²) < 4.78 is 16.2. The molecule has 0 aromatic heterocycles. The Balaban J connectivity index is 0.000000300. The fourth-order valence-electron chi connectivity index (χ4n) is 4.99. The Morgan fingerprint density at radius 2 is 0.850 bits per heavy atom. The lowest BCUT2D eigenvalue weighted by Crippen LogP contribution is -2.61. The van der Waals surface area contributed by atoms with Crippen molar-refractivity contribution in [2.24, 2.45) is 23.5 Å². The quantitative estimate of drug-likeness (QED) is 0.164. The summed E-state index contributed by atoms with van der Waals surface area (Å²) >= 11 is 0. The van der Waals surface area contributed by atoms with E-state index in [-0.39, 0.29) is 36.6 Å². The Bertz CT molecular complexity index is 675. The number of ether oxygens (including phenoxy) is 3. The van der Waals surface area contributed by atoms with Crippen molar-refractivity contribution >= 4 is 0 Å². The largest absolute Gasteiger partial charge is 0.394 e. The van der Waals surface area contributed by atoms with E-state index in [1.165, 1.54) is 0 Å². The predicted octanol–water partition coefficient (Wildman–Crippen LogP) is -2.52. The topological polar surface area (TPSA) is 236 Å². The summed E-state index contributed by atoms with van der Waals surface area (Å²) in [5.41, 5.74) is 5.64. The minimum atomic E-state index is -1.26. The van der Waals surface area contributed by atoms with Gasteiger partial charge in [-0.15, -0.1) is 0 Å². The summed E-state index contributed by atoms with van der Waals surface area (Å²) in [6.45, 7) is 14.5. The van der Waals surface area contributed by atoms with E-state index in [9.17, 15) is 40.9 Å². The van der Waals surface area contributed by atoms with Crippen molar-refractivity contribution in [2.45, 2.75) is 147 Å². The van der Waals surface area contributed by atoms with Crippen molar-refractivity contribution in [3.05, 3.63) is 0 Å². The zero-order chi connectivity index (χ0) is 31.2. The molecule has 3 heterocycles. The van der Waals surface area contributed by atoms with Gasteiger partial charge in [0.25, 0.3) is 0 Å². The first kappa shape index (κ1) is 37.5. The Hall–Kier alpha value is -0.520. The van der Waals surface area contributed by atoms with Crippen molar-refractivity contribution in [3.8, 4) is 0 Å². The number of aliphatic hydroxyl groups excluding tert-OH is 9. The van der Waals surface area contributed by atoms with Crippen LogP contribution < -0.4 is 5.73 Å². The molecule has 13 nitrogen and oxygen atoms in total. The summed E-state index contributed by atoms with van der Waals surface area (Å²) in [4.78, 5) is 0. The van der Waals surface area contributed by atoms with E-state index in [1.54, 1.807) is 6.92 Å². The third-order valence-electron chi connectivity index (χ3n) is 7.78. The lowest BCUT2D eigenvalue weighted by Gasteiger charge is -2.41.